The summed E-state index contributed by atoms with van der Waals surface area (Å²) in [5.74, 6) is 0. The van der Waals surface area contributed by atoms with E-state index in [9.17, 15) is 4.79 Å². The van der Waals surface area contributed by atoms with Crippen molar-refractivity contribution in [1.29, 1.82) is 0 Å². The second-order valence-corrected chi connectivity index (χ2v) is 6.44. The fourth-order valence-corrected chi connectivity index (χ4v) is 3.83. The van der Waals surface area contributed by atoms with Gasteiger partial charge >= 0.3 is 0 Å². The molecule has 0 unspecified atom stereocenters. The van der Waals surface area contributed by atoms with Gasteiger partial charge in [0.05, 0.1) is 21.8 Å². The zero-order valence-corrected chi connectivity index (χ0v) is 12.3. The minimum absolute atomic E-state index is 0.441. The lowest BCUT2D eigenvalue weighted by Gasteiger charge is -2.08. The Balaban J connectivity index is 1.80. The Bertz CT molecular complexity index is 799. The first-order valence-electron chi connectivity index (χ1n) is 7.23. The van der Waals surface area contributed by atoms with Crippen molar-refractivity contribution in [2.45, 2.75) is 31.7 Å². The van der Waals surface area contributed by atoms with Crippen molar-refractivity contribution in [3.8, 4) is 11.3 Å². The highest BCUT2D eigenvalue weighted by Gasteiger charge is 2.20. The molecule has 0 N–H and O–H groups in total. The van der Waals surface area contributed by atoms with E-state index in [4.69, 9.17) is 0 Å². The predicted octanol–water partition coefficient (Wildman–Crippen LogP) is 4.09. The number of carbonyl (C=O) groups excluding carboxylic acids is 1. The van der Waals surface area contributed by atoms with Gasteiger partial charge in [-0.05, 0) is 30.4 Å². The Morgan fingerprint density at radius 1 is 1.33 bits per heavy atom. The van der Waals surface area contributed by atoms with E-state index >= 15 is 0 Å². The molecule has 0 saturated heterocycles. The van der Waals surface area contributed by atoms with Crippen molar-refractivity contribution in [3.05, 3.63) is 35.5 Å². The number of aldehydes is 1. The van der Waals surface area contributed by atoms with E-state index in [1.165, 1.54) is 12.8 Å². The first-order chi connectivity index (χ1) is 10.3. The molecule has 0 radical (unpaired) electrons. The van der Waals surface area contributed by atoms with Crippen LogP contribution in [-0.2, 0) is 0 Å². The first kappa shape index (κ1) is 12.7. The Labute approximate surface area is 126 Å². The number of thiophene rings is 1. The second-order valence-electron chi connectivity index (χ2n) is 5.50. The summed E-state index contributed by atoms with van der Waals surface area (Å²) >= 11 is 1.66. The third-order valence-electron chi connectivity index (χ3n) is 4.16. The fraction of sp³-hybridized carbons (Fsp3) is 0.312. The average Bonchev–Trinajstić information content (AvgIpc) is 3.24. The Morgan fingerprint density at radius 2 is 2.19 bits per heavy atom. The van der Waals surface area contributed by atoms with Gasteiger partial charge in [0.25, 0.3) is 0 Å². The molecular weight excluding hydrogens is 282 g/mol. The van der Waals surface area contributed by atoms with Crippen molar-refractivity contribution in [2.24, 2.45) is 0 Å². The van der Waals surface area contributed by atoms with Crippen LogP contribution in [0.15, 0.2) is 29.9 Å². The second kappa shape index (κ2) is 5.07. The molecule has 3 aromatic heterocycles. The van der Waals surface area contributed by atoms with Gasteiger partial charge in [-0.2, -0.15) is 5.10 Å². The minimum atomic E-state index is 0.441. The standard InChI is InChI=1S/C16H15N3OS/c20-10-12-9-19(13-3-1-2-4-13)18-16(12)11-7-15-14(17-8-11)5-6-21-15/h5-10,13H,1-4H2. The smallest absolute Gasteiger partial charge is 0.153 e. The molecular formula is C16H15N3OS. The van der Waals surface area contributed by atoms with E-state index in [1.54, 1.807) is 11.3 Å². The quantitative estimate of drug-likeness (QED) is 0.684. The van der Waals surface area contributed by atoms with Gasteiger partial charge in [-0.15, -0.1) is 11.3 Å². The largest absolute Gasteiger partial charge is 0.298 e. The van der Waals surface area contributed by atoms with Crippen LogP contribution in [0.25, 0.3) is 21.5 Å². The summed E-state index contributed by atoms with van der Waals surface area (Å²) in [6, 6.07) is 4.51. The van der Waals surface area contributed by atoms with E-state index in [0.29, 0.717) is 11.6 Å². The van der Waals surface area contributed by atoms with Gasteiger partial charge in [-0.25, -0.2) is 0 Å². The lowest BCUT2D eigenvalue weighted by molar-refractivity contribution is 0.112. The van der Waals surface area contributed by atoms with Crippen LogP contribution in [-0.4, -0.2) is 21.1 Å². The lowest BCUT2D eigenvalue weighted by atomic mass is 10.1. The zero-order chi connectivity index (χ0) is 14.2. The molecule has 5 heteroatoms. The van der Waals surface area contributed by atoms with Crippen molar-refractivity contribution in [3.63, 3.8) is 0 Å². The summed E-state index contributed by atoms with van der Waals surface area (Å²) in [5.41, 5.74) is 3.31. The number of nitrogens with zero attached hydrogens (tertiary/aromatic N) is 3. The first-order valence-corrected chi connectivity index (χ1v) is 8.11. The molecule has 21 heavy (non-hydrogen) atoms. The van der Waals surface area contributed by atoms with E-state index < -0.39 is 0 Å². The highest BCUT2D eigenvalue weighted by atomic mass is 32.1. The van der Waals surface area contributed by atoms with Gasteiger partial charge in [0.1, 0.15) is 5.69 Å². The van der Waals surface area contributed by atoms with Crippen molar-refractivity contribution in [1.82, 2.24) is 14.8 Å². The summed E-state index contributed by atoms with van der Waals surface area (Å²) in [6.07, 6.45) is 9.40. The number of carbonyl (C=O) groups is 1. The van der Waals surface area contributed by atoms with E-state index in [2.05, 4.69) is 16.1 Å². The highest BCUT2D eigenvalue weighted by Crippen LogP contribution is 2.32. The van der Waals surface area contributed by atoms with Crippen LogP contribution < -0.4 is 0 Å². The molecule has 0 amide bonds. The van der Waals surface area contributed by atoms with Crippen LogP contribution in [0.4, 0.5) is 0 Å². The average molecular weight is 297 g/mol. The maximum absolute atomic E-state index is 11.4. The predicted molar refractivity (Wildman–Crippen MR) is 83.7 cm³/mol. The Hall–Kier alpha value is -2.01. The van der Waals surface area contributed by atoms with Gasteiger partial charge in [0.2, 0.25) is 0 Å². The Morgan fingerprint density at radius 3 is 3.00 bits per heavy atom. The molecule has 0 atom stereocenters. The van der Waals surface area contributed by atoms with Crippen molar-refractivity contribution in [2.75, 3.05) is 0 Å². The highest BCUT2D eigenvalue weighted by molar-refractivity contribution is 7.17. The SMILES string of the molecule is O=Cc1cn(C2CCCC2)nc1-c1cnc2ccsc2c1. The fourth-order valence-electron chi connectivity index (χ4n) is 3.05. The van der Waals surface area contributed by atoms with Crippen molar-refractivity contribution < 1.29 is 4.79 Å². The van der Waals surface area contributed by atoms with Gasteiger partial charge in [-0.3, -0.25) is 14.5 Å². The molecule has 106 valence electrons. The molecule has 4 nitrogen and oxygen atoms in total. The van der Waals surface area contributed by atoms with Gasteiger partial charge in [0, 0.05) is 18.0 Å². The third-order valence-corrected chi connectivity index (χ3v) is 5.02. The molecule has 0 aliphatic heterocycles. The van der Waals surface area contributed by atoms with Gasteiger partial charge in [-0.1, -0.05) is 12.8 Å². The normalized spacial score (nSPS) is 15.8. The van der Waals surface area contributed by atoms with Crippen molar-refractivity contribution >= 4 is 27.8 Å². The summed E-state index contributed by atoms with van der Waals surface area (Å²) in [7, 11) is 0. The zero-order valence-electron chi connectivity index (χ0n) is 11.5. The lowest BCUT2D eigenvalue weighted by Crippen LogP contribution is -2.04. The number of pyridine rings is 1. The molecule has 1 fully saturated rings. The third kappa shape index (κ3) is 2.17. The van der Waals surface area contributed by atoms with Gasteiger partial charge < -0.3 is 0 Å². The Kier molecular flexibility index (Phi) is 3.07. The number of hydrogen-bond acceptors (Lipinski definition) is 4. The molecule has 1 saturated carbocycles. The summed E-state index contributed by atoms with van der Waals surface area (Å²) in [5, 5.41) is 6.70. The topological polar surface area (TPSA) is 47.8 Å². The summed E-state index contributed by atoms with van der Waals surface area (Å²) in [6.45, 7) is 0. The number of hydrogen-bond donors (Lipinski definition) is 0. The molecule has 0 spiro atoms. The van der Waals surface area contributed by atoms with Crippen LogP contribution in [0.3, 0.4) is 0 Å². The number of rotatable bonds is 3. The molecule has 3 aromatic rings. The monoisotopic (exact) mass is 297 g/mol. The maximum atomic E-state index is 11.4. The van der Waals surface area contributed by atoms with E-state index in [0.717, 1.165) is 40.6 Å². The van der Waals surface area contributed by atoms with Crippen LogP contribution in [0.5, 0.6) is 0 Å². The molecule has 4 rings (SSSR count). The summed E-state index contributed by atoms with van der Waals surface area (Å²) < 4.78 is 3.10. The molecule has 3 heterocycles. The molecule has 1 aliphatic rings. The van der Waals surface area contributed by atoms with Crippen LogP contribution >= 0.6 is 11.3 Å². The van der Waals surface area contributed by atoms with Gasteiger partial charge in [0.15, 0.2) is 6.29 Å². The van der Waals surface area contributed by atoms with Crippen LogP contribution in [0.2, 0.25) is 0 Å². The van der Waals surface area contributed by atoms with Crippen LogP contribution in [0, 0.1) is 0 Å². The van der Waals surface area contributed by atoms with E-state index in [-0.39, 0.29) is 0 Å². The molecule has 0 aromatic carbocycles. The molecule has 0 bridgehead atoms. The van der Waals surface area contributed by atoms with E-state index in [1.807, 2.05) is 28.5 Å². The number of aromatic nitrogens is 3. The van der Waals surface area contributed by atoms with Crippen LogP contribution in [0.1, 0.15) is 42.1 Å². The summed E-state index contributed by atoms with van der Waals surface area (Å²) in [4.78, 5) is 15.8. The minimum Gasteiger partial charge on any atom is -0.298 e. The molecule has 1 aliphatic carbocycles. The number of fused-ring (bicyclic) bond motifs is 1. The maximum Gasteiger partial charge on any atom is 0.153 e.